The van der Waals surface area contributed by atoms with Crippen LogP contribution in [0.1, 0.15) is 91.4 Å². The number of carbonyl (C=O) groups is 2. The molecule has 5 fully saturated rings. The molecular formula is C29H47NO6. The summed E-state index contributed by atoms with van der Waals surface area (Å²) in [6.45, 7) is 7.25. The Bertz CT molecular complexity index is 865. The maximum atomic E-state index is 12.9. The fourth-order valence-corrected chi connectivity index (χ4v) is 10.2. The number of hydrogen-bond donors (Lipinski definition) is 4. The summed E-state index contributed by atoms with van der Waals surface area (Å²) in [7, 11) is 0. The van der Waals surface area contributed by atoms with Gasteiger partial charge in [0.2, 0.25) is 5.91 Å². The van der Waals surface area contributed by atoms with E-state index < -0.39 is 18.1 Å². The number of aliphatic hydroxyl groups is 3. The van der Waals surface area contributed by atoms with Crippen LogP contribution in [0.15, 0.2) is 0 Å². The average molecular weight is 506 g/mol. The number of carboxylic acids is 1. The van der Waals surface area contributed by atoms with Crippen LogP contribution in [-0.2, 0) is 9.59 Å². The van der Waals surface area contributed by atoms with Crippen molar-refractivity contribution in [2.24, 2.45) is 46.3 Å². The molecule has 0 spiro atoms. The number of likely N-dealkylation sites (tertiary alicyclic amines) is 1. The van der Waals surface area contributed by atoms with Crippen molar-refractivity contribution in [3.8, 4) is 0 Å². The van der Waals surface area contributed by atoms with Crippen molar-refractivity contribution >= 4 is 11.9 Å². The van der Waals surface area contributed by atoms with Crippen LogP contribution >= 0.6 is 0 Å². The molecule has 0 bridgehead atoms. The first kappa shape index (κ1) is 26.4. The zero-order valence-electron chi connectivity index (χ0n) is 22.3. The predicted molar refractivity (Wildman–Crippen MR) is 135 cm³/mol. The molecule has 204 valence electrons. The molecule has 7 heteroatoms. The Morgan fingerprint density at radius 3 is 2.33 bits per heavy atom. The van der Waals surface area contributed by atoms with Crippen molar-refractivity contribution in [3.63, 3.8) is 0 Å². The highest BCUT2D eigenvalue weighted by Crippen LogP contribution is 2.68. The lowest BCUT2D eigenvalue weighted by Gasteiger charge is -2.62. The molecule has 4 saturated carbocycles. The van der Waals surface area contributed by atoms with E-state index in [0.29, 0.717) is 41.9 Å². The smallest absolute Gasteiger partial charge is 0.326 e. The third-order valence-corrected chi connectivity index (χ3v) is 12.1. The minimum atomic E-state index is -1.04. The quantitative estimate of drug-likeness (QED) is 0.455. The van der Waals surface area contributed by atoms with Crippen LogP contribution in [0.4, 0.5) is 0 Å². The van der Waals surface area contributed by atoms with Gasteiger partial charge in [-0.05, 0) is 104 Å². The van der Waals surface area contributed by atoms with Crippen LogP contribution in [0, 0.1) is 46.3 Å². The summed E-state index contributed by atoms with van der Waals surface area (Å²) in [5, 5.41) is 41.1. The van der Waals surface area contributed by atoms with Gasteiger partial charge in [-0.15, -0.1) is 0 Å². The molecule has 5 unspecified atom stereocenters. The summed E-state index contributed by atoms with van der Waals surface area (Å²) < 4.78 is 0. The van der Waals surface area contributed by atoms with Gasteiger partial charge in [0, 0.05) is 19.4 Å². The van der Waals surface area contributed by atoms with Gasteiger partial charge in [-0.1, -0.05) is 20.8 Å². The molecule has 1 saturated heterocycles. The molecule has 0 aromatic carbocycles. The molecule has 5 aliphatic rings. The van der Waals surface area contributed by atoms with Crippen LogP contribution in [0.5, 0.6) is 0 Å². The van der Waals surface area contributed by atoms with E-state index in [-0.39, 0.29) is 41.9 Å². The van der Waals surface area contributed by atoms with Crippen LogP contribution in [-0.4, -0.2) is 68.1 Å². The van der Waals surface area contributed by atoms with Crippen LogP contribution < -0.4 is 0 Å². The fraction of sp³-hybridized carbons (Fsp3) is 0.931. The number of carbonyl (C=O) groups excluding carboxylic acids is 1. The van der Waals surface area contributed by atoms with Crippen molar-refractivity contribution in [2.45, 2.75) is 116 Å². The van der Waals surface area contributed by atoms with Gasteiger partial charge in [-0.3, -0.25) is 4.79 Å². The molecule has 7 nitrogen and oxygen atoms in total. The lowest BCUT2D eigenvalue weighted by molar-refractivity contribution is -0.174. The molecule has 1 amide bonds. The van der Waals surface area contributed by atoms with E-state index in [0.717, 1.165) is 51.4 Å². The summed E-state index contributed by atoms with van der Waals surface area (Å²) in [6, 6.07) is -0.912. The highest BCUT2D eigenvalue weighted by molar-refractivity contribution is 5.84. The average Bonchev–Trinajstić information content (AvgIpc) is 3.38. The van der Waals surface area contributed by atoms with Crippen molar-refractivity contribution < 1.29 is 30.0 Å². The molecule has 0 radical (unpaired) electrons. The second-order valence-electron chi connectivity index (χ2n) is 13.8. The topological polar surface area (TPSA) is 118 Å². The first-order chi connectivity index (χ1) is 17.0. The highest BCUT2D eigenvalue weighted by atomic mass is 16.4. The van der Waals surface area contributed by atoms with Gasteiger partial charge >= 0.3 is 5.97 Å². The van der Waals surface area contributed by atoms with Gasteiger partial charge in [0.25, 0.3) is 0 Å². The number of aliphatic hydroxyl groups excluding tert-OH is 3. The van der Waals surface area contributed by atoms with Crippen LogP contribution in [0.2, 0.25) is 0 Å². The third kappa shape index (κ3) is 4.21. The zero-order chi connectivity index (χ0) is 26.0. The molecule has 12 atom stereocenters. The Hall–Kier alpha value is -1.18. The number of nitrogens with zero attached hydrogens (tertiary/aromatic N) is 1. The molecule has 5 rings (SSSR count). The maximum Gasteiger partial charge on any atom is 0.326 e. The number of hydrogen-bond acceptors (Lipinski definition) is 5. The molecule has 0 aromatic rings. The van der Waals surface area contributed by atoms with Gasteiger partial charge in [-0.2, -0.15) is 0 Å². The number of fused-ring (bicyclic) bond motifs is 5. The predicted octanol–water partition coefficient (Wildman–Crippen LogP) is 3.44. The van der Waals surface area contributed by atoms with Gasteiger partial charge in [0.1, 0.15) is 6.04 Å². The SMILES string of the molecule is CC(CCC(=O)N1CC(O)C[C@@H]1C(=O)O)[C@H]1CCC2C3C(CC[C@@]21C)[C@@]1(C)CC[C@@H](O)C[C@@H]1C[C@@H]3O. The standard InChI is InChI=1S/C29H47NO6/c1-16(4-7-25(34)30-15-19(32)14-23(30)27(35)36)20-5-6-21-26-22(9-11-29(20,21)3)28(2)10-8-18(31)12-17(28)13-24(26)33/h16-24,26,31-33H,4-15H2,1-3H3,(H,35,36)/t16?,17-,18-,19?,20-,21?,22?,23-,24+,26?,28+,29-/m1/s1. The van der Waals surface area contributed by atoms with Crippen molar-refractivity contribution in [2.75, 3.05) is 6.54 Å². The normalized spacial score (nSPS) is 49.2. The molecular weight excluding hydrogens is 458 g/mol. The lowest BCUT2D eigenvalue weighted by Crippen LogP contribution is -2.58. The van der Waals surface area contributed by atoms with Crippen LogP contribution in [0.3, 0.4) is 0 Å². The van der Waals surface area contributed by atoms with Gasteiger partial charge < -0.3 is 25.3 Å². The Balaban J connectivity index is 1.25. The van der Waals surface area contributed by atoms with E-state index in [9.17, 15) is 30.0 Å². The first-order valence-corrected chi connectivity index (χ1v) is 14.5. The third-order valence-electron chi connectivity index (χ3n) is 12.1. The second kappa shape index (κ2) is 9.53. The van der Waals surface area contributed by atoms with E-state index in [4.69, 9.17) is 0 Å². The van der Waals surface area contributed by atoms with E-state index in [1.54, 1.807) is 0 Å². The number of aliphatic carboxylic acids is 1. The Morgan fingerprint density at radius 2 is 1.61 bits per heavy atom. The molecule has 4 N–H and O–H groups in total. The summed E-state index contributed by atoms with van der Waals surface area (Å²) >= 11 is 0. The van der Waals surface area contributed by atoms with Crippen molar-refractivity contribution in [3.05, 3.63) is 0 Å². The largest absolute Gasteiger partial charge is 0.480 e. The van der Waals surface area contributed by atoms with E-state index in [2.05, 4.69) is 20.8 Å². The highest BCUT2D eigenvalue weighted by Gasteiger charge is 2.62. The summed E-state index contributed by atoms with van der Waals surface area (Å²) in [4.78, 5) is 25.8. The summed E-state index contributed by atoms with van der Waals surface area (Å²) in [5.41, 5.74) is 0.386. The number of carboxylic acid groups (broad SMARTS) is 1. The van der Waals surface area contributed by atoms with E-state index >= 15 is 0 Å². The second-order valence-corrected chi connectivity index (χ2v) is 13.8. The van der Waals surface area contributed by atoms with Gasteiger partial charge in [0.05, 0.1) is 18.3 Å². The van der Waals surface area contributed by atoms with Gasteiger partial charge in [-0.25, -0.2) is 4.79 Å². The van der Waals surface area contributed by atoms with Gasteiger partial charge in [0.15, 0.2) is 0 Å². The number of rotatable bonds is 5. The fourth-order valence-electron chi connectivity index (χ4n) is 10.2. The monoisotopic (exact) mass is 505 g/mol. The molecule has 4 aliphatic carbocycles. The Morgan fingerprint density at radius 1 is 0.917 bits per heavy atom. The maximum absolute atomic E-state index is 12.9. The van der Waals surface area contributed by atoms with E-state index in [1.807, 2.05) is 0 Å². The molecule has 36 heavy (non-hydrogen) atoms. The minimum Gasteiger partial charge on any atom is -0.480 e. The minimum absolute atomic E-state index is 0.114. The van der Waals surface area contributed by atoms with Crippen LogP contribution in [0.25, 0.3) is 0 Å². The lowest BCUT2D eigenvalue weighted by atomic mass is 9.43. The molecule has 1 aliphatic heterocycles. The Labute approximate surface area is 215 Å². The number of β-amino-alcohol motifs (C(OH)–C–C–N with tert-alkyl or cyclic N) is 1. The number of amides is 1. The zero-order valence-corrected chi connectivity index (χ0v) is 22.3. The molecule has 1 heterocycles. The van der Waals surface area contributed by atoms with Crippen molar-refractivity contribution in [1.82, 2.24) is 4.90 Å². The molecule has 0 aromatic heterocycles. The first-order valence-electron chi connectivity index (χ1n) is 14.5. The summed E-state index contributed by atoms with van der Waals surface area (Å²) in [5.74, 6) is 1.45. The van der Waals surface area contributed by atoms with Crippen molar-refractivity contribution in [1.29, 1.82) is 0 Å². The summed E-state index contributed by atoms with van der Waals surface area (Å²) in [6.07, 6.45) is 8.12. The van der Waals surface area contributed by atoms with E-state index in [1.165, 1.54) is 11.3 Å². The Kier molecular flexibility index (Phi) is 7.00.